The van der Waals surface area contributed by atoms with Crippen LogP contribution in [-0.4, -0.2) is 39.6 Å². The van der Waals surface area contributed by atoms with Gasteiger partial charge in [-0.05, 0) is 0 Å². The van der Waals surface area contributed by atoms with Gasteiger partial charge in [0.15, 0.2) is 6.61 Å². The van der Waals surface area contributed by atoms with Gasteiger partial charge in [0.25, 0.3) is 5.91 Å². The molecule has 0 saturated heterocycles. The molecule has 10 heteroatoms. The first-order chi connectivity index (χ1) is 6.45. The normalized spacial score (nSPS) is 12.9. The van der Waals surface area contributed by atoms with E-state index in [-0.39, 0.29) is 0 Å². The van der Waals surface area contributed by atoms with Crippen molar-refractivity contribution in [2.24, 2.45) is 4.99 Å². The zero-order valence-corrected chi connectivity index (χ0v) is 8.02. The van der Waals surface area contributed by atoms with E-state index in [1.807, 2.05) is 0 Å². The third-order valence-corrected chi connectivity index (χ3v) is 1.04. The molecule has 0 radical (unpaired) electrons. The van der Waals surface area contributed by atoms with E-state index < -0.39 is 23.7 Å². The van der Waals surface area contributed by atoms with Crippen molar-refractivity contribution >= 4 is 23.4 Å². The second-order valence-electron chi connectivity index (χ2n) is 1.87. The third kappa shape index (κ3) is 9.18. The van der Waals surface area contributed by atoms with Crippen LogP contribution in [0.5, 0.6) is 0 Å². The minimum absolute atomic E-state index is 0.457. The first kappa shape index (κ1) is 13.1. The maximum Gasteiger partial charge on any atom is 0.273 e. The van der Waals surface area contributed by atoms with Crippen molar-refractivity contribution in [3.05, 3.63) is 0 Å². The molecule has 0 aliphatic carbocycles. The molecule has 0 aliphatic rings. The molecule has 0 aromatic rings. The zero-order valence-electron chi connectivity index (χ0n) is 7.21. The van der Waals surface area contributed by atoms with Gasteiger partial charge in [-0.2, -0.15) is 4.28 Å². The minimum atomic E-state index is -4.19. The molecule has 9 nitrogen and oxygen atoms in total. The van der Waals surface area contributed by atoms with Crippen LogP contribution in [-0.2, 0) is 13.9 Å². The lowest BCUT2D eigenvalue weighted by molar-refractivity contribution is -0.134. The van der Waals surface area contributed by atoms with Gasteiger partial charge in [-0.1, -0.05) is 0 Å². The molecule has 0 spiro atoms. The fourth-order valence-corrected chi connectivity index (χ4v) is 0.534. The summed E-state index contributed by atoms with van der Waals surface area (Å²) in [7, 11) is 1.49. The van der Waals surface area contributed by atoms with Gasteiger partial charge in [0.1, 0.15) is 6.34 Å². The Bertz CT molecular complexity index is 204. The predicted molar refractivity (Wildman–Crippen MR) is 48.2 cm³/mol. The van der Waals surface area contributed by atoms with E-state index in [9.17, 15) is 4.79 Å². The molecule has 0 unspecified atom stereocenters. The number of hydrogen-bond acceptors (Lipinski definition) is 7. The van der Waals surface area contributed by atoms with Crippen LogP contribution in [0.2, 0.25) is 0 Å². The first-order valence-electron chi connectivity index (χ1n) is 3.21. The Kier molecular flexibility index (Phi) is 6.11. The van der Waals surface area contributed by atoms with Gasteiger partial charge in [0, 0.05) is 7.05 Å². The van der Waals surface area contributed by atoms with E-state index in [4.69, 9.17) is 13.7 Å². The molecule has 0 aromatic carbocycles. The summed E-state index contributed by atoms with van der Waals surface area (Å²) in [5.74, 6) is -0.823. The molecule has 0 aromatic heterocycles. The van der Waals surface area contributed by atoms with E-state index in [2.05, 4.69) is 19.6 Å². The van der Waals surface area contributed by atoms with E-state index in [0.717, 1.165) is 0 Å². The Hall–Kier alpha value is -0.910. The molecule has 84 valence electrons. The number of aliphatic imine (C=N–C) groups is 1. The van der Waals surface area contributed by atoms with E-state index in [0.29, 0.717) is 0 Å². The minimum Gasteiger partial charge on any atom is -0.285 e. The van der Waals surface area contributed by atoms with Gasteiger partial charge in [0.05, 0.1) is 0 Å². The van der Waals surface area contributed by atoms with Crippen molar-refractivity contribution < 1.29 is 27.6 Å². The number of nitrogens with one attached hydrogen (secondary N) is 2. The third-order valence-electron chi connectivity index (χ3n) is 0.736. The Morgan fingerprint density at radius 2 is 2.21 bits per heavy atom. The highest BCUT2D eigenvalue weighted by Gasteiger charge is 2.14. The maximum atomic E-state index is 10.7. The second kappa shape index (κ2) is 6.53. The molecule has 0 rings (SSSR count). The molecule has 0 heterocycles. The Morgan fingerprint density at radius 1 is 1.57 bits per heavy atom. The molecule has 0 atom stereocenters. The average Bonchev–Trinajstić information content (AvgIpc) is 2.08. The highest BCUT2D eigenvalue weighted by Crippen LogP contribution is 2.31. The molecule has 0 fully saturated rings. The summed E-state index contributed by atoms with van der Waals surface area (Å²) in [6.07, 6.45) is 1.19. The van der Waals surface area contributed by atoms with Crippen molar-refractivity contribution in [1.82, 2.24) is 11.0 Å². The van der Waals surface area contributed by atoms with Crippen LogP contribution in [0, 0.1) is 0 Å². The Morgan fingerprint density at radius 3 is 2.71 bits per heavy atom. The van der Waals surface area contributed by atoms with Crippen molar-refractivity contribution in [2.75, 3.05) is 13.7 Å². The van der Waals surface area contributed by atoms with Crippen molar-refractivity contribution in [2.45, 2.75) is 0 Å². The zero-order chi connectivity index (χ0) is 11.0. The standard InChI is InChI=1S/C4H11N3O6S/c1-5-3-6-12-2-4(8)7-13-14(9,10)11/h3,9-11H,2H2,1H3,(H,5,6)(H,7,8). The number of nitrogens with zero attached hydrogens (tertiary/aromatic N) is 1. The van der Waals surface area contributed by atoms with Crippen LogP contribution in [0.4, 0.5) is 0 Å². The van der Waals surface area contributed by atoms with Crippen LogP contribution in [0.1, 0.15) is 0 Å². The summed E-state index contributed by atoms with van der Waals surface area (Å²) in [4.78, 5) is 18.6. The van der Waals surface area contributed by atoms with E-state index >= 15 is 0 Å². The van der Waals surface area contributed by atoms with Crippen molar-refractivity contribution in [1.29, 1.82) is 0 Å². The van der Waals surface area contributed by atoms with Gasteiger partial charge in [-0.25, -0.2) is 5.48 Å². The second-order valence-corrected chi connectivity index (χ2v) is 2.97. The summed E-state index contributed by atoms with van der Waals surface area (Å²) >= 11 is -4.19. The molecule has 0 saturated carbocycles. The van der Waals surface area contributed by atoms with Gasteiger partial charge in [0.2, 0.25) is 11.2 Å². The SMILES string of the molecule is CN=CNOCC(=O)NOS(O)(O)O. The van der Waals surface area contributed by atoms with Gasteiger partial charge in [-0.15, -0.1) is 0 Å². The molecule has 14 heavy (non-hydrogen) atoms. The maximum absolute atomic E-state index is 10.7. The number of rotatable bonds is 6. The average molecular weight is 229 g/mol. The molecule has 0 bridgehead atoms. The highest BCUT2D eigenvalue weighted by atomic mass is 32.3. The van der Waals surface area contributed by atoms with E-state index in [1.54, 1.807) is 0 Å². The highest BCUT2D eigenvalue weighted by molar-refractivity contribution is 8.15. The monoisotopic (exact) mass is 229 g/mol. The topological polar surface area (TPSA) is 133 Å². The predicted octanol–water partition coefficient (Wildman–Crippen LogP) is -0.648. The molecule has 1 amide bonds. The summed E-state index contributed by atoms with van der Waals surface area (Å²) in [6.45, 7) is -0.457. The lowest BCUT2D eigenvalue weighted by Crippen LogP contribution is -2.31. The Balaban J connectivity index is 3.47. The Labute approximate surface area is 81.4 Å². The molecular formula is C4H11N3O6S. The van der Waals surface area contributed by atoms with Gasteiger partial charge >= 0.3 is 0 Å². The molecule has 0 aliphatic heterocycles. The number of hydrogen-bond donors (Lipinski definition) is 5. The lowest BCUT2D eigenvalue weighted by Gasteiger charge is -2.16. The number of carbonyl (C=O) groups is 1. The smallest absolute Gasteiger partial charge is 0.273 e. The largest absolute Gasteiger partial charge is 0.285 e. The van der Waals surface area contributed by atoms with Gasteiger partial charge < -0.3 is 0 Å². The van der Waals surface area contributed by atoms with Crippen LogP contribution in [0.25, 0.3) is 0 Å². The molecular weight excluding hydrogens is 218 g/mol. The fourth-order valence-electron chi connectivity index (χ4n) is 0.329. The summed E-state index contributed by atoms with van der Waals surface area (Å²) < 4.78 is 28.5. The summed E-state index contributed by atoms with van der Waals surface area (Å²) in [5, 5.41) is 0. The number of carbonyl (C=O) groups excluding carboxylic acids is 1. The lowest BCUT2D eigenvalue weighted by atomic mass is 10.7. The number of amides is 1. The summed E-state index contributed by atoms with van der Waals surface area (Å²) in [6, 6.07) is 0. The van der Waals surface area contributed by atoms with Crippen LogP contribution in [0.3, 0.4) is 0 Å². The van der Waals surface area contributed by atoms with Crippen molar-refractivity contribution in [3.63, 3.8) is 0 Å². The first-order valence-corrected chi connectivity index (χ1v) is 4.64. The van der Waals surface area contributed by atoms with Gasteiger partial charge in [-0.3, -0.25) is 33.8 Å². The fraction of sp³-hybridized carbons (Fsp3) is 0.500. The molecule has 5 N–H and O–H groups in total. The van der Waals surface area contributed by atoms with Crippen LogP contribution in [0.15, 0.2) is 4.99 Å². The van der Waals surface area contributed by atoms with E-state index in [1.165, 1.54) is 18.9 Å². The van der Waals surface area contributed by atoms with Crippen LogP contribution >= 0.6 is 11.2 Å². The van der Waals surface area contributed by atoms with Crippen LogP contribution < -0.4 is 11.0 Å². The van der Waals surface area contributed by atoms with Crippen molar-refractivity contribution in [3.8, 4) is 0 Å². The number of hydroxylamine groups is 2. The quantitative estimate of drug-likeness (QED) is 0.177. The summed E-state index contributed by atoms with van der Waals surface area (Å²) in [5.41, 5.74) is 3.71.